The van der Waals surface area contributed by atoms with Crippen LogP contribution in [0.2, 0.25) is 0 Å². The van der Waals surface area contributed by atoms with Gasteiger partial charge in [-0.3, -0.25) is 10.1 Å². The van der Waals surface area contributed by atoms with E-state index in [1.807, 2.05) is 0 Å². The highest BCUT2D eigenvalue weighted by Gasteiger charge is 2.25. The first-order valence-corrected chi connectivity index (χ1v) is 6.22. The van der Waals surface area contributed by atoms with Gasteiger partial charge in [0, 0.05) is 12.6 Å². The maximum absolute atomic E-state index is 11.6. The smallest absolute Gasteiger partial charge is 0.338 e. The zero-order valence-corrected chi connectivity index (χ0v) is 11.9. The van der Waals surface area contributed by atoms with E-state index >= 15 is 0 Å². The van der Waals surface area contributed by atoms with Gasteiger partial charge >= 0.3 is 11.7 Å². The Bertz CT molecular complexity index is 514. The number of carbonyl (C=O) groups excluding carboxylic acids is 1. The average molecular weight is 282 g/mol. The standard InChI is InChI=1S/C13H18N2O5/c1-5-14-10-6-9(13(16)19-4)7-11(20-8(2)3)12(10)15(17)18/h6-8,14H,5H2,1-4H3. The van der Waals surface area contributed by atoms with E-state index in [0.29, 0.717) is 6.54 Å². The first kappa shape index (κ1) is 15.7. The summed E-state index contributed by atoms with van der Waals surface area (Å²) in [5.41, 5.74) is 0.244. The Morgan fingerprint density at radius 2 is 2.10 bits per heavy atom. The Morgan fingerprint density at radius 3 is 2.55 bits per heavy atom. The number of esters is 1. The summed E-state index contributed by atoms with van der Waals surface area (Å²) in [5, 5.41) is 14.1. The van der Waals surface area contributed by atoms with Gasteiger partial charge in [-0.25, -0.2) is 4.79 Å². The van der Waals surface area contributed by atoms with E-state index in [1.165, 1.54) is 19.2 Å². The number of nitro benzene ring substituents is 1. The minimum Gasteiger partial charge on any atom is -0.484 e. The summed E-state index contributed by atoms with van der Waals surface area (Å²) in [6, 6.07) is 2.71. The van der Waals surface area contributed by atoms with Crippen molar-refractivity contribution in [1.29, 1.82) is 0 Å². The van der Waals surface area contributed by atoms with E-state index in [4.69, 9.17) is 4.74 Å². The Hall–Kier alpha value is -2.31. The molecule has 1 aromatic rings. The number of benzene rings is 1. The Morgan fingerprint density at radius 1 is 1.45 bits per heavy atom. The van der Waals surface area contributed by atoms with Crippen molar-refractivity contribution in [2.75, 3.05) is 19.0 Å². The second kappa shape index (κ2) is 6.74. The molecule has 110 valence electrons. The van der Waals surface area contributed by atoms with Crippen LogP contribution in [0.15, 0.2) is 12.1 Å². The van der Waals surface area contributed by atoms with E-state index in [-0.39, 0.29) is 28.8 Å². The molecule has 1 aromatic carbocycles. The van der Waals surface area contributed by atoms with Crippen molar-refractivity contribution in [3.05, 3.63) is 27.8 Å². The minimum atomic E-state index is -0.576. The van der Waals surface area contributed by atoms with Gasteiger partial charge in [-0.05, 0) is 26.8 Å². The molecule has 0 atom stereocenters. The average Bonchev–Trinajstić information content (AvgIpc) is 2.36. The van der Waals surface area contributed by atoms with Crippen LogP contribution in [0.3, 0.4) is 0 Å². The fourth-order valence-corrected chi connectivity index (χ4v) is 1.70. The van der Waals surface area contributed by atoms with Crippen LogP contribution in [0.1, 0.15) is 31.1 Å². The first-order chi connectivity index (χ1) is 9.40. The molecule has 0 saturated carbocycles. The number of anilines is 1. The lowest BCUT2D eigenvalue weighted by atomic mass is 10.1. The molecular formula is C13H18N2O5. The summed E-state index contributed by atoms with van der Waals surface area (Å²) in [5.74, 6) is -0.531. The number of hydrogen-bond acceptors (Lipinski definition) is 6. The van der Waals surface area contributed by atoms with Crippen molar-refractivity contribution in [2.24, 2.45) is 0 Å². The maximum Gasteiger partial charge on any atom is 0.338 e. The van der Waals surface area contributed by atoms with Gasteiger partial charge in [0.2, 0.25) is 0 Å². The van der Waals surface area contributed by atoms with Crippen molar-refractivity contribution < 1.29 is 19.2 Å². The van der Waals surface area contributed by atoms with E-state index < -0.39 is 10.9 Å². The normalized spacial score (nSPS) is 10.2. The molecule has 20 heavy (non-hydrogen) atoms. The summed E-state index contributed by atoms with van der Waals surface area (Å²) >= 11 is 0. The third kappa shape index (κ3) is 3.59. The molecule has 0 radical (unpaired) electrons. The number of ether oxygens (including phenoxy) is 2. The maximum atomic E-state index is 11.6. The fourth-order valence-electron chi connectivity index (χ4n) is 1.70. The fraction of sp³-hybridized carbons (Fsp3) is 0.462. The summed E-state index contributed by atoms with van der Waals surface area (Å²) in [7, 11) is 1.25. The molecular weight excluding hydrogens is 264 g/mol. The zero-order valence-electron chi connectivity index (χ0n) is 11.9. The molecule has 0 spiro atoms. The summed E-state index contributed by atoms with van der Waals surface area (Å²) < 4.78 is 10.1. The second-order valence-electron chi connectivity index (χ2n) is 4.32. The molecule has 0 heterocycles. The van der Waals surface area contributed by atoms with Crippen molar-refractivity contribution in [2.45, 2.75) is 26.9 Å². The Balaban J connectivity index is 3.45. The SMILES string of the molecule is CCNc1cc(C(=O)OC)cc(OC(C)C)c1[N+](=O)[O-]. The molecule has 1 N–H and O–H groups in total. The van der Waals surface area contributed by atoms with Gasteiger partial charge in [0.25, 0.3) is 0 Å². The lowest BCUT2D eigenvalue weighted by Crippen LogP contribution is -2.12. The lowest BCUT2D eigenvalue weighted by Gasteiger charge is -2.14. The first-order valence-electron chi connectivity index (χ1n) is 6.22. The van der Waals surface area contributed by atoms with Crippen LogP contribution in [0.25, 0.3) is 0 Å². The highest BCUT2D eigenvalue weighted by Crippen LogP contribution is 2.37. The van der Waals surface area contributed by atoms with Crippen LogP contribution >= 0.6 is 0 Å². The molecule has 1 rings (SSSR count). The van der Waals surface area contributed by atoms with E-state index in [0.717, 1.165) is 0 Å². The third-order valence-electron chi connectivity index (χ3n) is 2.41. The van der Waals surface area contributed by atoms with Crippen LogP contribution < -0.4 is 10.1 Å². The summed E-state index contributed by atoms with van der Waals surface area (Å²) in [4.78, 5) is 22.3. The van der Waals surface area contributed by atoms with Gasteiger partial charge < -0.3 is 14.8 Å². The predicted molar refractivity (Wildman–Crippen MR) is 74.4 cm³/mol. The molecule has 7 heteroatoms. The Kier molecular flexibility index (Phi) is 5.31. The molecule has 0 amide bonds. The monoisotopic (exact) mass is 282 g/mol. The second-order valence-corrected chi connectivity index (χ2v) is 4.32. The number of nitrogens with one attached hydrogen (secondary N) is 1. The van der Waals surface area contributed by atoms with Crippen LogP contribution in [0.4, 0.5) is 11.4 Å². The molecule has 0 aliphatic heterocycles. The molecule has 0 saturated heterocycles. The van der Waals surface area contributed by atoms with E-state index in [1.54, 1.807) is 20.8 Å². The van der Waals surface area contributed by atoms with Crippen LogP contribution in [-0.2, 0) is 4.74 Å². The topological polar surface area (TPSA) is 90.7 Å². The van der Waals surface area contributed by atoms with Gasteiger partial charge in [-0.15, -0.1) is 0 Å². The van der Waals surface area contributed by atoms with Crippen LogP contribution in [-0.4, -0.2) is 30.7 Å². The molecule has 0 bridgehead atoms. The van der Waals surface area contributed by atoms with Gasteiger partial charge in [-0.2, -0.15) is 0 Å². The number of rotatable bonds is 6. The van der Waals surface area contributed by atoms with E-state index in [2.05, 4.69) is 10.1 Å². The highest BCUT2D eigenvalue weighted by molar-refractivity contribution is 5.93. The molecule has 0 aromatic heterocycles. The zero-order chi connectivity index (χ0) is 15.3. The highest BCUT2D eigenvalue weighted by atomic mass is 16.6. The molecule has 7 nitrogen and oxygen atoms in total. The van der Waals surface area contributed by atoms with E-state index in [9.17, 15) is 14.9 Å². The molecule has 0 fully saturated rings. The van der Waals surface area contributed by atoms with Crippen molar-refractivity contribution in [1.82, 2.24) is 0 Å². The number of carbonyl (C=O) groups is 1. The van der Waals surface area contributed by atoms with Crippen molar-refractivity contribution in [3.8, 4) is 5.75 Å². The molecule has 0 aliphatic rings. The number of nitro groups is 1. The van der Waals surface area contributed by atoms with Crippen LogP contribution in [0, 0.1) is 10.1 Å². The number of hydrogen-bond donors (Lipinski definition) is 1. The number of methoxy groups -OCH3 is 1. The lowest BCUT2D eigenvalue weighted by molar-refractivity contribution is -0.385. The van der Waals surface area contributed by atoms with Crippen molar-refractivity contribution in [3.63, 3.8) is 0 Å². The largest absolute Gasteiger partial charge is 0.484 e. The number of nitrogens with zero attached hydrogens (tertiary/aromatic N) is 1. The third-order valence-corrected chi connectivity index (χ3v) is 2.41. The van der Waals surface area contributed by atoms with Gasteiger partial charge in [0.15, 0.2) is 5.75 Å². The minimum absolute atomic E-state index is 0.0452. The predicted octanol–water partition coefficient (Wildman–Crippen LogP) is 2.60. The summed E-state index contributed by atoms with van der Waals surface area (Å²) in [6.07, 6.45) is -0.254. The molecule has 0 aliphatic carbocycles. The quantitative estimate of drug-likeness (QED) is 0.490. The Labute approximate surface area is 117 Å². The van der Waals surface area contributed by atoms with Crippen molar-refractivity contribution >= 4 is 17.3 Å². The molecule has 0 unspecified atom stereocenters. The van der Waals surface area contributed by atoms with Gasteiger partial charge in [0.1, 0.15) is 5.69 Å². The van der Waals surface area contributed by atoms with Gasteiger partial charge in [0.05, 0.1) is 23.7 Å². The van der Waals surface area contributed by atoms with Gasteiger partial charge in [-0.1, -0.05) is 0 Å². The van der Waals surface area contributed by atoms with Crippen LogP contribution in [0.5, 0.6) is 5.75 Å². The summed E-state index contributed by atoms with van der Waals surface area (Å²) in [6.45, 7) is 5.78.